The summed E-state index contributed by atoms with van der Waals surface area (Å²) in [5.41, 5.74) is 4.90. The molecule has 26 heavy (non-hydrogen) atoms. The van der Waals surface area contributed by atoms with E-state index in [4.69, 9.17) is 15.2 Å². The van der Waals surface area contributed by atoms with Gasteiger partial charge in [-0.2, -0.15) is 9.97 Å². The van der Waals surface area contributed by atoms with Crippen LogP contribution in [0.2, 0.25) is 0 Å². The van der Waals surface area contributed by atoms with Crippen molar-refractivity contribution in [3.05, 3.63) is 6.33 Å². The molecule has 0 unspecified atom stereocenters. The highest BCUT2D eigenvalue weighted by molar-refractivity contribution is 5.82. The second-order valence-corrected chi connectivity index (χ2v) is 7.00. The van der Waals surface area contributed by atoms with E-state index in [2.05, 4.69) is 15.0 Å². The maximum atomic E-state index is 10.5. The van der Waals surface area contributed by atoms with Crippen molar-refractivity contribution in [3.8, 4) is 6.01 Å². The van der Waals surface area contributed by atoms with Crippen molar-refractivity contribution in [3.63, 3.8) is 0 Å². The van der Waals surface area contributed by atoms with E-state index in [1.54, 1.807) is 6.92 Å². The van der Waals surface area contributed by atoms with Crippen LogP contribution in [-0.2, 0) is 4.74 Å². The van der Waals surface area contributed by atoms with E-state index in [0.717, 1.165) is 25.7 Å². The number of ether oxygens (including phenoxy) is 2. The molecule has 142 valence electrons. The third kappa shape index (κ3) is 2.60. The summed E-state index contributed by atoms with van der Waals surface area (Å²) in [6.45, 7) is 0.947. The normalized spacial score (nSPS) is 32.5. The fourth-order valence-electron chi connectivity index (χ4n) is 3.64. The monoisotopic (exact) mass is 365 g/mol. The van der Waals surface area contributed by atoms with Gasteiger partial charge in [-0.15, -0.1) is 0 Å². The standard InChI is InChI=1S/C16H23N5O5/c1-8-16(24,6-22)11(23)14(25-8)21-7-18-10-12(17)19-15(20-13(10)21)26-9-4-2-3-5-9/h7-9,11,14,22-24H,2-6H2,1H3,(H2,17,19,20)/t8-,11+,14-,16+/m1/s1. The summed E-state index contributed by atoms with van der Waals surface area (Å²) in [6.07, 6.45) is 2.49. The highest BCUT2D eigenvalue weighted by Gasteiger charge is 2.54. The van der Waals surface area contributed by atoms with E-state index in [1.807, 2.05) is 0 Å². The number of imidazole rings is 1. The fourth-order valence-corrected chi connectivity index (χ4v) is 3.64. The van der Waals surface area contributed by atoms with Crippen LogP contribution in [-0.4, -0.2) is 65.4 Å². The van der Waals surface area contributed by atoms with Crippen molar-refractivity contribution in [2.45, 2.75) is 62.7 Å². The average molecular weight is 365 g/mol. The summed E-state index contributed by atoms with van der Waals surface area (Å²) in [7, 11) is 0. The third-order valence-corrected chi connectivity index (χ3v) is 5.36. The molecule has 3 heterocycles. The van der Waals surface area contributed by atoms with Crippen molar-refractivity contribution in [1.82, 2.24) is 19.5 Å². The number of rotatable bonds is 4. The Kier molecular flexibility index (Phi) is 4.22. The number of hydrogen-bond acceptors (Lipinski definition) is 9. The molecule has 0 spiro atoms. The SMILES string of the molecule is C[C@H]1O[C@@H](n2cnc3c(N)nc(OC4CCCC4)nc32)[C@H](O)[C@]1(O)CO. The van der Waals surface area contributed by atoms with E-state index in [0.29, 0.717) is 11.2 Å². The first-order chi connectivity index (χ1) is 12.4. The largest absolute Gasteiger partial charge is 0.460 e. The summed E-state index contributed by atoms with van der Waals surface area (Å²) >= 11 is 0. The molecule has 2 aromatic rings. The number of nitrogens with two attached hydrogens (primary N) is 1. The Morgan fingerprint density at radius 1 is 1.38 bits per heavy atom. The molecule has 4 rings (SSSR count). The summed E-state index contributed by atoms with van der Waals surface area (Å²) < 4.78 is 13.0. The Morgan fingerprint density at radius 3 is 2.77 bits per heavy atom. The molecule has 2 aliphatic rings. The van der Waals surface area contributed by atoms with Crippen molar-refractivity contribution in [2.24, 2.45) is 0 Å². The van der Waals surface area contributed by atoms with Crippen molar-refractivity contribution in [1.29, 1.82) is 0 Å². The van der Waals surface area contributed by atoms with Gasteiger partial charge in [0, 0.05) is 0 Å². The first kappa shape index (κ1) is 17.4. The molecule has 10 heteroatoms. The minimum Gasteiger partial charge on any atom is -0.460 e. The molecule has 4 atom stereocenters. The number of nitrogens with zero attached hydrogens (tertiary/aromatic N) is 4. The van der Waals surface area contributed by atoms with E-state index >= 15 is 0 Å². The Labute approximate surface area is 149 Å². The van der Waals surface area contributed by atoms with Gasteiger partial charge >= 0.3 is 6.01 Å². The average Bonchev–Trinajstić information content (AvgIpc) is 3.32. The molecule has 0 aromatic carbocycles. The summed E-state index contributed by atoms with van der Waals surface area (Å²) in [5.74, 6) is 0.166. The van der Waals surface area contributed by atoms with Crippen LogP contribution >= 0.6 is 0 Å². The molecular formula is C16H23N5O5. The van der Waals surface area contributed by atoms with Crippen LogP contribution in [0.4, 0.5) is 5.82 Å². The predicted octanol–water partition coefficient (Wildman–Crippen LogP) is -0.269. The molecule has 2 fully saturated rings. The second kappa shape index (κ2) is 6.31. The quantitative estimate of drug-likeness (QED) is 0.574. The molecule has 0 radical (unpaired) electrons. The number of aliphatic hydroxyl groups is 3. The van der Waals surface area contributed by atoms with Crippen molar-refractivity contribution in [2.75, 3.05) is 12.3 Å². The zero-order valence-electron chi connectivity index (χ0n) is 14.4. The van der Waals surface area contributed by atoms with Gasteiger partial charge in [-0.3, -0.25) is 4.57 Å². The zero-order chi connectivity index (χ0) is 18.5. The van der Waals surface area contributed by atoms with Crippen LogP contribution in [0.15, 0.2) is 6.33 Å². The number of aromatic nitrogens is 4. The molecule has 0 amide bonds. The molecule has 2 aromatic heterocycles. The van der Waals surface area contributed by atoms with Crippen LogP contribution in [0.3, 0.4) is 0 Å². The molecule has 1 aliphatic heterocycles. The van der Waals surface area contributed by atoms with Crippen LogP contribution in [0.5, 0.6) is 6.01 Å². The minimum absolute atomic E-state index is 0.0658. The van der Waals surface area contributed by atoms with Gasteiger partial charge in [-0.05, 0) is 32.6 Å². The summed E-state index contributed by atoms with van der Waals surface area (Å²) in [4.78, 5) is 12.7. The summed E-state index contributed by atoms with van der Waals surface area (Å²) in [6, 6.07) is 0.154. The van der Waals surface area contributed by atoms with Gasteiger partial charge in [0.05, 0.1) is 19.0 Å². The van der Waals surface area contributed by atoms with E-state index in [-0.39, 0.29) is 17.9 Å². The van der Waals surface area contributed by atoms with Gasteiger partial charge in [-0.1, -0.05) is 0 Å². The third-order valence-electron chi connectivity index (χ3n) is 5.36. The molecular weight excluding hydrogens is 342 g/mol. The highest BCUT2D eigenvalue weighted by atomic mass is 16.6. The molecule has 1 aliphatic carbocycles. The number of nitrogen functional groups attached to an aromatic ring is 1. The van der Waals surface area contributed by atoms with Gasteiger partial charge in [-0.25, -0.2) is 4.98 Å². The molecule has 1 saturated carbocycles. The van der Waals surface area contributed by atoms with Gasteiger partial charge in [0.2, 0.25) is 0 Å². The zero-order valence-corrected chi connectivity index (χ0v) is 14.4. The lowest BCUT2D eigenvalue weighted by atomic mass is 9.94. The van der Waals surface area contributed by atoms with E-state index in [9.17, 15) is 15.3 Å². The van der Waals surface area contributed by atoms with Crippen LogP contribution in [0.1, 0.15) is 38.8 Å². The summed E-state index contributed by atoms with van der Waals surface area (Å²) in [5, 5.41) is 30.4. The van der Waals surface area contributed by atoms with Crippen LogP contribution in [0, 0.1) is 0 Å². The fraction of sp³-hybridized carbons (Fsp3) is 0.688. The van der Waals surface area contributed by atoms with Gasteiger partial charge in [0.1, 0.15) is 17.8 Å². The second-order valence-electron chi connectivity index (χ2n) is 7.00. The number of fused-ring (bicyclic) bond motifs is 1. The Morgan fingerprint density at radius 2 is 2.12 bits per heavy atom. The van der Waals surface area contributed by atoms with Crippen molar-refractivity contribution >= 4 is 17.0 Å². The van der Waals surface area contributed by atoms with Crippen LogP contribution < -0.4 is 10.5 Å². The maximum absolute atomic E-state index is 10.5. The van der Waals surface area contributed by atoms with Gasteiger partial charge in [0.25, 0.3) is 0 Å². The lowest BCUT2D eigenvalue weighted by Crippen LogP contribution is -2.49. The van der Waals surface area contributed by atoms with Gasteiger partial charge in [0.15, 0.2) is 23.2 Å². The van der Waals surface area contributed by atoms with E-state index in [1.165, 1.54) is 10.9 Å². The predicted molar refractivity (Wildman–Crippen MR) is 90.2 cm³/mol. The maximum Gasteiger partial charge on any atom is 0.320 e. The van der Waals surface area contributed by atoms with Crippen LogP contribution in [0.25, 0.3) is 11.2 Å². The Bertz CT molecular complexity index is 808. The lowest BCUT2D eigenvalue weighted by molar-refractivity contribution is -0.104. The Balaban J connectivity index is 1.71. The smallest absolute Gasteiger partial charge is 0.320 e. The number of anilines is 1. The molecule has 5 N–H and O–H groups in total. The Hall–Kier alpha value is -2.01. The van der Waals surface area contributed by atoms with Gasteiger partial charge < -0.3 is 30.5 Å². The molecule has 10 nitrogen and oxygen atoms in total. The highest BCUT2D eigenvalue weighted by Crippen LogP contribution is 2.38. The lowest BCUT2D eigenvalue weighted by Gasteiger charge is -2.26. The van der Waals surface area contributed by atoms with E-state index < -0.39 is 30.6 Å². The first-order valence-electron chi connectivity index (χ1n) is 8.77. The molecule has 0 bridgehead atoms. The number of hydrogen-bond donors (Lipinski definition) is 4. The minimum atomic E-state index is -1.77. The number of aliphatic hydroxyl groups excluding tert-OH is 2. The van der Waals surface area contributed by atoms with Crippen molar-refractivity contribution < 1.29 is 24.8 Å². The topological polar surface area (TPSA) is 149 Å². The molecule has 1 saturated heterocycles. The first-order valence-corrected chi connectivity index (χ1v) is 8.77.